The standard InChI is InChI=1S/C9H21NO3S/c1-4-6-10(9(2)3)14(12,13)8-5-7-11/h9,11H,4-8H2,1-3H3. The second kappa shape index (κ2) is 6.37. The summed E-state index contributed by atoms with van der Waals surface area (Å²) in [5, 5.41) is 8.60. The first-order valence-electron chi connectivity index (χ1n) is 5.06. The SMILES string of the molecule is CCCN(C(C)C)S(=O)(=O)CCCO. The van der Waals surface area contributed by atoms with Crippen LogP contribution < -0.4 is 0 Å². The third-order valence-electron chi connectivity index (χ3n) is 1.94. The first-order chi connectivity index (χ1) is 6.45. The van der Waals surface area contributed by atoms with Gasteiger partial charge in [-0.2, -0.15) is 4.31 Å². The van der Waals surface area contributed by atoms with Crippen LogP contribution in [0.15, 0.2) is 0 Å². The molecule has 0 saturated heterocycles. The van der Waals surface area contributed by atoms with Gasteiger partial charge in [-0.25, -0.2) is 8.42 Å². The summed E-state index contributed by atoms with van der Waals surface area (Å²) in [6.45, 7) is 6.18. The van der Waals surface area contributed by atoms with E-state index >= 15 is 0 Å². The topological polar surface area (TPSA) is 57.6 Å². The van der Waals surface area contributed by atoms with E-state index in [1.165, 1.54) is 4.31 Å². The molecule has 0 aromatic heterocycles. The molecular formula is C9H21NO3S. The fourth-order valence-electron chi connectivity index (χ4n) is 1.30. The highest BCUT2D eigenvalue weighted by atomic mass is 32.2. The zero-order valence-electron chi connectivity index (χ0n) is 9.23. The average Bonchev–Trinajstić information content (AvgIpc) is 2.10. The lowest BCUT2D eigenvalue weighted by Crippen LogP contribution is -2.39. The van der Waals surface area contributed by atoms with Crippen molar-refractivity contribution in [3.8, 4) is 0 Å². The van der Waals surface area contributed by atoms with E-state index in [0.717, 1.165) is 6.42 Å². The van der Waals surface area contributed by atoms with Gasteiger partial charge >= 0.3 is 0 Å². The summed E-state index contributed by atoms with van der Waals surface area (Å²) < 4.78 is 25.0. The molecule has 0 saturated carbocycles. The van der Waals surface area contributed by atoms with E-state index in [1.807, 2.05) is 20.8 Å². The van der Waals surface area contributed by atoms with E-state index in [2.05, 4.69) is 0 Å². The highest BCUT2D eigenvalue weighted by Crippen LogP contribution is 2.09. The Balaban J connectivity index is 4.46. The molecule has 0 aliphatic carbocycles. The first-order valence-corrected chi connectivity index (χ1v) is 6.67. The lowest BCUT2D eigenvalue weighted by molar-refractivity contribution is 0.292. The second-order valence-electron chi connectivity index (χ2n) is 3.60. The Kier molecular flexibility index (Phi) is 6.31. The third kappa shape index (κ3) is 4.39. The zero-order chi connectivity index (χ0) is 11.2. The number of nitrogens with zero attached hydrogens (tertiary/aromatic N) is 1. The Bertz CT molecular complexity index is 236. The van der Waals surface area contributed by atoms with Gasteiger partial charge in [0, 0.05) is 19.2 Å². The summed E-state index contributed by atoms with van der Waals surface area (Å²) in [6.07, 6.45) is 1.13. The van der Waals surface area contributed by atoms with E-state index < -0.39 is 10.0 Å². The predicted molar refractivity (Wildman–Crippen MR) is 57.6 cm³/mol. The quantitative estimate of drug-likeness (QED) is 0.695. The minimum atomic E-state index is -3.17. The van der Waals surface area contributed by atoms with Crippen LogP contribution in [0.5, 0.6) is 0 Å². The number of aliphatic hydroxyl groups excluding tert-OH is 1. The number of aliphatic hydroxyl groups is 1. The molecule has 0 unspecified atom stereocenters. The molecule has 0 heterocycles. The maximum Gasteiger partial charge on any atom is 0.214 e. The third-order valence-corrected chi connectivity index (χ3v) is 4.06. The first kappa shape index (κ1) is 13.9. The van der Waals surface area contributed by atoms with Crippen LogP contribution in [0.3, 0.4) is 0 Å². The fraction of sp³-hybridized carbons (Fsp3) is 1.00. The van der Waals surface area contributed by atoms with Crippen molar-refractivity contribution in [1.82, 2.24) is 4.31 Å². The van der Waals surface area contributed by atoms with Gasteiger partial charge in [0.1, 0.15) is 0 Å². The van der Waals surface area contributed by atoms with Crippen LogP contribution >= 0.6 is 0 Å². The van der Waals surface area contributed by atoms with Gasteiger partial charge in [0.15, 0.2) is 0 Å². The molecule has 1 N–H and O–H groups in total. The molecule has 0 amide bonds. The highest BCUT2D eigenvalue weighted by Gasteiger charge is 2.22. The fourth-order valence-corrected chi connectivity index (χ4v) is 3.13. The van der Waals surface area contributed by atoms with Gasteiger partial charge in [-0.1, -0.05) is 6.92 Å². The van der Waals surface area contributed by atoms with Crippen molar-refractivity contribution in [2.75, 3.05) is 18.9 Å². The molecule has 0 radical (unpaired) electrons. The number of hydrogen-bond acceptors (Lipinski definition) is 3. The molecule has 0 aliphatic heterocycles. The molecule has 0 fully saturated rings. The van der Waals surface area contributed by atoms with Crippen molar-refractivity contribution >= 4 is 10.0 Å². The molecule has 4 nitrogen and oxygen atoms in total. The van der Waals surface area contributed by atoms with Gasteiger partial charge in [0.25, 0.3) is 0 Å². The summed E-state index contributed by atoms with van der Waals surface area (Å²) in [4.78, 5) is 0. The summed E-state index contributed by atoms with van der Waals surface area (Å²) in [7, 11) is -3.17. The second-order valence-corrected chi connectivity index (χ2v) is 5.64. The molecule has 0 spiro atoms. The van der Waals surface area contributed by atoms with Crippen LogP contribution in [-0.4, -0.2) is 42.8 Å². The summed E-state index contributed by atoms with van der Waals surface area (Å²) in [6, 6.07) is -0.00126. The predicted octanol–water partition coefficient (Wildman–Crippen LogP) is 0.819. The monoisotopic (exact) mass is 223 g/mol. The number of sulfonamides is 1. The molecular weight excluding hydrogens is 202 g/mol. The Morgan fingerprint density at radius 2 is 1.93 bits per heavy atom. The minimum Gasteiger partial charge on any atom is -0.396 e. The maximum absolute atomic E-state index is 11.7. The van der Waals surface area contributed by atoms with Crippen molar-refractivity contribution < 1.29 is 13.5 Å². The van der Waals surface area contributed by atoms with Crippen LogP contribution in [0.25, 0.3) is 0 Å². The van der Waals surface area contributed by atoms with Gasteiger partial charge in [-0.05, 0) is 26.7 Å². The van der Waals surface area contributed by atoms with Gasteiger partial charge in [-0.3, -0.25) is 0 Å². The van der Waals surface area contributed by atoms with Crippen molar-refractivity contribution in [2.24, 2.45) is 0 Å². The number of rotatable bonds is 7. The van der Waals surface area contributed by atoms with Crippen LogP contribution in [0.1, 0.15) is 33.6 Å². The van der Waals surface area contributed by atoms with E-state index in [0.29, 0.717) is 13.0 Å². The van der Waals surface area contributed by atoms with Gasteiger partial charge < -0.3 is 5.11 Å². The molecule has 0 bridgehead atoms. The maximum atomic E-state index is 11.7. The summed E-state index contributed by atoms with van der Waals surface area (Å²) in [5.74, 6) is 0.0433. The summed E-state index contributed by atoms with van der Waals surface area (Å²) >= 11 is 0. The van der Waals surface area contributed by atoms with Crippen LogP contribution in [0, 0.1) is 0 Å². The molecule has 86 valence electrons. The zero-order valence-corrected chi connectivity index (χ0v) is 10.0. The van der Waals surface area contributed by atoms with Crippen LogP contribution in [0.4, 0.5) is 0 Å². The minimum absolute atomic E-state index is 0.00126. The average molecular weight is 223 g/mol. The van der Waals surface area contributed by atoms with E-state index in [9.17, 15) is 8.42 Å². The van der Waals surface area contributed by atoms with Crippen molar-refractivity contribution in [3.63, 3.8) is 0 Å². The normalized spacial score (nSPS) is 12.7. The Labute approximate surface area is 87.0 Å². The van der Waals surface area contributed by atoms with Crippen molar-refractivity contribution in [3.05, 3.63) is 0 Å². The Morgan fingerprint density at radius 1 is 1.36 bits per heavy atom. The lowest BCUT2D eigenvalue weighted by atomic mass is 10.4. The molecule has 0 aliphatic rings. The summed E-state index contributed by atoms with van der Waals surface area (Å²) in [5.41, 5.74) is 0. The van der Waals surface area contributed by atoms with E-state index in [-0.39, 0.29) is 18.4 Å². The lowest BCUT2D eigenvalue weighted by Gasteiger charge is -2.25. The van der Waals surface area contributed by atoms with Gasteiger partial charge in [0.2, 0.25) is 10.0 Å². The molecule has 0 rings (SSSR count). The molecule has 0 aromatic rings. The van der Waals surface area contributed by atoms with Gasteiger partial charge in [-0.15, -0.1) is 0 Å². The Hall–Kier alpha value is -0.130. The van der Waals surface area contributed by atoms with Crippen LogP contribution in [-0.2, 0) is 10.0 Å². The van der Waals surface area contributed by atoms with E-state index in [1.54, 1.807) is 0 Å². The van der Waals surface area contributed by atoms with Crippen molar-refractivity contribution in [2.45, 2.75) is 39.7 Å². The largest absolute Gasteiger partial charge is 0.396 e. The van der Waals surface area contributed by atoms with Gasteiger partial charge in [0.05, 0.1) is 5.75 Å². The molecule has 0 aromatic carbocycles. The highest BCUT2D eigenvalue weighted by molar-refractivity contribution is 7.89. The van der Waals surface area contributed by atoms with E-state index in [4.69, 9.17) is 5.11 Å². The molecule has 14 heavy (non-hydrogen) atoms. The molecule has 0 atom stereocenters. The number of hydrogen-bond donors (Lipinski definition) is 1. The molecule has 5 heteroatoms. The Morgan fingerprint density at radius 3 is 2.29 bits per heavy atom. The smallest absolute Gasteiger partial charge is 0.214 e. The van der Waals surface area contributed by atoms with Crippen molar-refractivity contribution in [1.29, 1.82) is 0 Å². The van der Waals surface area contributed by atoms with Crippen LogP contribution in [0.2, 0.25) is 0 Å².